The zero-order chi connectivity index (χ0) is 16.6. The number of H-pyrrole nitrogens is 1. The van der Waals surface area contributed by atoms with Crippen molar-refractivity contribution >= 4 is 0 Å². The van der Waals surface area contributed by atoms with Crippen molar-refractivity contribution in [2.24, 2.45) is 5.11 Å². The van der Waals surface area contributed by atoms with Crippen LogP contribution in [0.25, 0.3) is 10.4 Å². The monoisotopic (exact) mass is 329 g/mol. The summed E-state index contributed by atoms with van der Waals surface area (Å²) < 4.78 is 36.6. The van der Waals surface area contributed by atoms with Crippen LogP contribution in [0, 0.1) is 0 Å². The average molecular weight is 329 g/mol. The molecule has 124 valence electrons. The SMILES string of the molecule is COC1O[C@H]2[C@H](n3ccc(=O)[nH]c3=O)O[C@](F)(CN=[N+]=[N-])[C@H]2O1. The number of nitrogens with zero attached hydrogens (tertiary/aromatic N) is 4. The van der Waals surface area contributed by atoms with Gasteiger partial charge in [0.1, 0.15) is 6.10 Å². The van der Waals surface area contributed by atoms with Crippen LogP contribution in [0.3, 0.4) is 0 Å². The topological polar surface area (TPSA) is 141 Å². The van der Waals surface area contributed by atoms with Crippen LogP contribution in [-0.4, -0.2) is 47.7 Å². The molecule has 12 heteroatoms. The number of hydrogen-bond donors (Lipinski definition) is 1. The molecule has 1 aromatic heterocycles. The molecule has 23 heavy (non-hydrogen) atoms. The van der Waals surface area contributed by atoms with Crippen LogP contribution < -0.4 is 11.2 Å². The highest BCUT2D eigenvalue weighted by Crippen LogP contribution is 2.45. The van der Waals surface area contributed by atoms with Gasteiger partial charge in [-0.25, -0.2) is 9.18 Å². The number of nitrogens with one attached hydrogen (secondary N) is 1. The third-order valence-electron chi connectivity index (χ3n) is 3.51. The zero-order valence-electron chi connectivity index (χ0n) is 11.8. The Kier molecular flexibility index (Phi) is 3.92. The van der Waals surface area contributed by atoms with E-state index in [9.17, 15) is 14.0 Å². The summed E-state index contributed by atoms with van der Waals surface area (Å²) in [4.78, 5) is 27.5. The molecular formula is C11H12FN5O6. The number of rotatable bonds is 4. The first-order valence-electron chi connectivity index (χ1n) is 6.51. The Bertz CT molecular complexity index is 760. The molecule has 2 fully saturated rings. The van der Waals surface area contributed by atoms with Crippen molar-refractivity contribution in [2.75, 3.05) is 13.7 Å². The van der Waals surface area contributed by atoms with Crippen LogP contribution in [0.2, 0.25) is 0 Å². The molecule has 2 aliphatic heterocycles. The lowest BCUT2D eigenvalue weighted by Gasteiger charge is -2.24. The Morgan fingerprint density at radius 1 is 1.57 bits per heavy atom. The molecule has 1 aromatic rings. The van der Waals surface area contributed by atoms with Gasteiger partial charge < -0.3 is 18.9 Å². The van der Waals surface area contributed by atoms with E-state index in [1.54, 1.807) is 0 Å². The summed E-state index contributed by atoms with van der Waals surface area (Å²) in [6.07, 6.45) is -2.40. The van der Waals surface area contributed by atoms with Crippen molar-refractivity contribution in [3.63, 3.8) is 0 Å². The molecule has 0 saturated carbocycles. The summed E-state index contributed by atoms with van der Waals surface area (Å²) in [6.45, 7) is -1.84. The molecule has 0 aromatic carbocycles. The normalized spacial score (nSPS) is 35.7. The first-order chi connectivity index (χ1) is 11.0. The van der Waals surface area contributed by atoms with Gasteiger partial charge in [0.15, 0.2) is 12.3 Å². The lowest BCUT2D eigenvalue weighted by Crippen LogP contribution is -2.41. The molecule has 1 unspecified atom stereocenters. The molecule has 0 amide bonds. The number of aromatic amines is 1. The second-order valence-corrected chi connectivity index (χ2v) is 4.88. The Morgan fingerprint density at radius 3 is 3.00 bits per heavy atom. The lowest BCUT2D eigenvalue weighted by atomic mass is 10.1. The van der Waals surface area contributed by atoms with E-state index in [4.69, 9.17) is 24.5 Å². The summed E-state index contributed by atoms with van der Waals surface area (Å²) >= 11 is 0. The summed E-state index contributed by atoms with van der Waals surface area (Å²) in [7, 11) is 1.29. The van der Waals surface area contributed by atoms with Gasteiger partial charge in [0.25, 0.3) is 12.0 Å². The third kappa shape index (κ3) is 2.62. The number of azide groups is 1. The number of alkyl halides is 1. The van der Waals surface area contributed by atoms with Gasteiger partial charge >= 0.3 is 5.69 Å². The van der Waals surface area contributed by atoms with E-state index < -0.39 is 48.6 Å². The van der Waals surface area contributed by atoms with Crippen LogP contribution in [-0.2, 0) is 18.9 Å². The van der Waals surface area contributed by atoms with Crippen LogP contribution in [0.1, 0.15) is 6.23 Å². The molecule has 0 radical (unpaired) electrons. The minimum Gasteiger partial charge on any atom is -0.333 e. The fourth-order valence-electron chi connectivity index (χ4n) is 2.54. The largest absolute Gasteiger partial charge is 0.333 e. The van der Waals surface area contributed by atoms with E-state index in [2.05, 4.69) is 10.0 Å². The molecular weight excluding hydrogens is 317 g/mol. The van der Waals surface area contributed by atoms with Gasteiger partial charge in [-0.05, 0) is 5.53 Å². The predicted octanol–water partition coefficient (Wildman–Crippen LogP) is -0.244. The van der Waals surface area contributed by atoms with Gasteiger partial charge in [-0.2, -0.15) is 0 Å². The Morgan fingerprint density at radius 2 is 2.35 bits per heavy atom. The molecule has 5 atom stereocenters. The molecule has 0 bridgehead atoms. The van der Waals surface area contributed by atoms with E-state index >= 15 is 0 Å². The van der Waals surface area contributed by atoms with Crippen LogP contribution in [0.4, 0.5) is 4.39 Å². The van der Waals surface area contributed by atoms with Crippen LogP contribution >= 0.6 is 0 Å². The average Bonchev–Trinajstić information content (AvgIpc) is 3.05. The van der Waals surface area contributed by atoms with E-state index in [0.29, 0.717) is 0 Å². The van der Waals surface area contributed by atoms with Crippen LogP contribution in [0.15, 0.2) is 27.0 Å². The quantitative estimate of drug-likeness (QED) is 0.459. The van der Waals surface area contributed by atoms with Crippen LogP contribution in [0.5, 0.6) is 0 Å². The van der Waals surface area contributed by atoms with Gasteiger partial charge in [0.2, 0.25) is 5.85 Å². The molecule has 3 heterocycles. The Balaban J connectivity index is 1.99. The first kappa shape index (κ1) is 15.6. The molecule has 0 aliphatic carbocycles. The number of hydrogen-bond acceptors (Lipinski definition) is 7. The van der Waals surface area contributed by atoms with Crippen molar-refractivity contribution < 1.29 is 23.3 Å². The highest BCUT2D eigenvalue weighted by atomic mass is 19.2. The molecule has 1 N–H and O–H groups in total. The van der Waals surface area contributed by atoms with E-state index in [1.165, 1.54) is 7.11 Å². The summed E-state index contributed by atoms with van der Waals surface area (Å²) in [5.74, 6) is -2.51. The molecule has 0 spiro atoms. The number of methoxy groups -OCH3 is 1. The number of ether oxygens (including phenoxy) is 4. The maximum Gasteiger partial charge on any atom is 0.330 e. The molecule has 2 saturated heterocycles. The van der Waals surface area contributed by atoms with Crippen molar-refractivity contribution in [1.82, 2.24) is 9.55 Å². The van der Waals surface area contributed by atoms with Crippen molar-refractivity contribution in [2.45, 2.75) is 30.8 Å². The van der Waals surface area contributed by atoms with E-state index in [0.717, 1.165) is 16.8 Å². The number of halogens is 1. The van der Waals surface area contributed by atoms with Crippen molar-refractivity contribution in [3.8, 4) is 0 Å². The number of fused-ring (bicyclic) bond motifs is 1. The maximum absolute atomic E-state index is 15.0. The maximum atomic E-state index is 15.0. The third-order valence-corrected chi connectivity index (χ3v) is 3.51. The van der Waals surface area contributed by atoms with E-state index in [-0.39, 0.29) is 0 Å². The fourth-order valence-corrected chi connectivity index (χ4v) is 2.54. The molecule has 3 rings (SSSR count). The summed E-state index contributed by atoms with van der Waals surface area (Å²) in [5, 5.41) is 3.16. The Labute approximate surface area is 127 Å². The predicted molar refractivity (Wildman–Crippen MR) is 69.8 cm³/mol. The second-order valence-electron chi connectivity index (χ2n) is 4.88. The van der Waals surface area contributed by atoms with Gasteiger partial charge in [-0.3, -0.25) is 14.3 Å². The lowest BCUT2D eigenvalue weighted by molar-refractivity contribution is -0.286. The summed E-state index contributed by atoms with van der Waals surface area (Å²) in [5.41, 5.74) is 6.96. The fraction of sp³-hybridized carbons (Fsp3) is 0.636. The number of aromatic nitrogens is 2. The highest BCUT2D eigenvalue weighted by molar-refractivity contribution is 5.01. The standard InChI is InChI=1S/C11H12FN5O6/c1-20-10-21-6-7(22-10)11(12,4-14-16-13)23-8(6)17-3-2-5(18)15-9(17)19/h2-3,6-8,10H,4H2,1H3,(H,15,18,19)/t6-,7+,8-,10?,11-/m1/s1. The molecule has 11 nitrogen and oxygen atoms in total. The highest BCUT2D eigenvalue weighted by Gasteiger charge is 2.63. The van der Waals surface area contributed by atoms with Crippen molar-refractivity contribution in [1.29, 1.82) is 0 Å². The smallest absolute Gasteiger partial charge is 0.330 e. The minimum absolute atomic E-state index is 0.611. The minimum atomic E-state index is -2.51. The zero-order valence-corrected chi connectivity index (χ0v) is 11.8. The molecule has 2 aliphatic rings. The summed E-state index contributed by atoms with van der Waals surface area (Å²) in [6, 6.07) is 1.08. The first-order valence-corrected chi connectivity index (χ1v) is 6.51. The Hall–Kier alpha value is -2.24. The van der Waals surface area contributed by atoms with Gasteiger partial charge in [-0.15, -0.1) is 0 Å². The van der Waals surface area contributed by atoms with Gasteiger partial charge in [0, 0.05) is 24.3 Å². The van der Waals surface area contributed by atoms with Gasteiger partial charge in [0.05, 0.1) is 6.54 Å². The van der Waals surface area contributed by atoms with Gasteiger partial charge in [-0.1, -0.05) is 5.11 Å². The van der Waals surface area contributed by atoms with Crippen molar-refractivity contribution in [3.05, 3.63) is 43.5 Å². The van der Waals surface area contributed by atoms with E-state index in [1.807, 2.05) is 4.98 Å². The second kappa shape index (κ2) is 5.76.